The number of esters is 2. The number of carbonyl (C=O) groups is 3. The molecule has 0 saturated carbocycles. The van der Waals surface area contributed by atoms with E-state index >= 15 is 0 Å². The molecule has 0 bridgehead atoms. The first-order valence-corrected chi connectivity index (χ1v) is 11.1. The average molecular weight is 489 g/mol. The van der Waals surface area contributed by atoms with Gasteiger partial charge in [-0.2, -0.15) is 0 Å². The number of nitrogens with one attached hydrogen (secondary N) is 1. The molecule has 31 heavy (non-hydrogen) atoms. The number of carbonyl (C=O) groups excluding carboxylic acids is 3. The molecule has 1 amide bonds. The van der Waals surface area contributed by atoms with Crippen LogP contribution in [0, 0.1) is 0 Å². The van der Waals surface area contributed by atoms with E-state index in [1.165, 1.54) is 36.4 Å². The number of sulfonamides is 1. The Bertz CT molecular complexity index is 1100. The second-order valence-corrected chi connectivity index (χ2v) is 8.86. The molecule has 0 fully saturated rings. The van der Waals surface area contributed by atoms with Crippen molar-refractivity contribution in [2.24, 2.45) is 0 Å². The smallest absolute Gasteiger partial charge is 0.337 e. The topological polar surface area (TPSA) is 119 Å². The molecule has 0 unspecified atom stereocenters. The van der Waals surface area contributed by atoms with E-state index in [4.69, 9.17) is 23.2 Å². The largest absolute Gasteiger partial charge is 0.465 e. The molecule has 0 aliphatic carbocycles. The standard InChI is InChI=1S/C19H18Cl2N2O7S/c1-29-18(25)11-7-12(19(26)30-2)9-13(8-11)22-16(24)10-23(31(3,27)28)15-6-4-5-14(20)17(15)21/h4-9H,10H2,1-3H3,(H,22,24). The molecule has 0 spiro atoms. The molecule has 1 N–H and O–H groups in total. The Hall–Kier alpha value is -2.82. The van der Waals surface area contributed by atoms with Gasteiger partial charge in [0, 0.05) is 5.69 Å². The van der Waals surface area contributed by atoms with Gasteiger partial charge >= 0.3 is 11.9 Å². The van der Waals surface area contributed by atoms with Gasteiger partial charge in [-0.25, -0.2) is 18.0 Å². The summed E-state index contributed by atoms with van der Waals surface area (Å²) < 4.78 is 34.6. The van der Waals surface area contributed by atoms with Crippen LogP contribution in [0.2, 0.25) is 10.0 Å². The molecule has 0 aliphatic heterocycles. The Morgan fingerprint density at radius 2 is 1.55 bits per heavy atom. The quantitative estimate of drug-likeness (QED) is 0.594. The second-order valence-electron chi connectivity index (χ2n) is 6.17. The highest BCUT2D eigenvalue weighted by Gasteiger charge is 2.24. The lowest BCUT2D eigenvalue weighted by molar-refractivity contribution is -0.114. The van der Waals surface area contributed by atoms with E-state index in [-0.39, 0.29) is 32.5 Å². The summed E-state index contributed by atoms with van der Waals surface area (Å²) in [6, 6.07) is 8.14. The third-order valence-electron chi connectivity index (χ3n) is 3.95. The van der Waals surface area contributed by atoms with Crippen molar-refractivity contribution in [3.63, 3.8) is 0 Å². The highest BCUT2D eigenvalue weighted by atomic mass is 35.5. The zero-order valence-corrected chi connectivity index (χ0v) is 19.0. The molecule has 12 heteroatoms. The minimum atomic E-state index is -3.91. The first kappa shape index (κ1) is 24.4. The lowest BCUT2D eigenvalue weighted by Gasteiger charge is -2.23. The molecular formula is C19H18Cl2N2O7S. The van der Waals surface area contributed by atoms with Crippen LogP contribution in [0.3, 0.4) is 0 Å². The van der Waals surface area contributed by atoms with Crippen molar-refractivity contribution in [2.75, 3.05) is 36.6 Å². The predicted octanol–water partition coefficient (Wildman–Crippen LogP) is 2.97. The third kappa shape index (κ3) is 6.09. The number of ether oxygens (including phenoxy) is 2. The first-order valence-electron chi connectivity index (χ1n) is 8.51. The van der Waals surface area contributed by atoms with Gasteiger partial charge < -0.3 is 14.8 Å². The molecule has 0 atom stereocenters. The monoisotopic (exact) mass is 488 g/mol. The first-order chi connectivity index (χ1) is 14.5. The Kier molecular flexibility index (Phi) is 7.88. The molecule has 2 aromatic carbocycles. The average Bonchev–Trinajstić information content (AvgIpc) is 2.72. The van der Waals surface area contributed by atoms with Gasteiger partial charge in [-0.05, 0) is 30.3 Å². The van der Waals surface area contributed by atoms with Gasteiger partial charge in [-0.3, -0.25) is 9.10 Å². The lowest BCUT2D eigenvalue weighted by Crippen LogP contribution is -2.37. The van der Waals surface area contributed by atoms with E-state index in [0.29, 0.717) is 0 Å². The maximum absolute atomic E-state index is 12.6. The third-order valence-corrected chi connectivity index (χ3v) is 5.88. The van der Waals surface area contributed by atoms with Crippen LogP contribution >= 0.6 is 23.2 Å². The van der Waals surface area contributed by atoms with Crippen molar-refractivity contribution in [2.45, 2.75) is 0 Å². The molecule has 9 nitrogen and oxygen atoms in total. The summed E-state index contributed by atoms with van der Waals surface area (Å²) in [6.07, 6.45) is 0.907. The van der Waals surface area contributed by atoms with Crippen LogP contribution in [-0.4, -0.2) is 53.3 Å². The summed E-state index contributed by atoms with van der Waals surface area (Å²) in [5.74, 6) is -2.26. The number of halogens is 2. The van der Waals surface area contributed by atoms with E-state index in [1.54, 1.807) is 0 Å². The van der Waals surface area contributed by atoms with Crippen LogP contribution in [0.5, 0.6) is 0 Å². The lowest BCUT2D eigenvalue weighted by atomic mass is 10.1. The van der Waals surface area contributed by atoms with Crippen molar-refractivity contribution in [3.8, 4) is 0 Å². The van der Waals surface area contributed by atoms with E-state index in [9.17, 15) is 22.8 Å². The Morgan fingerprint density at radius 1 is 1.00 bits per heavy atom. The number of nitrogens with zero attached hydrogens (tertiary/aromatic N) is 1. The van der Waals surface area contributed by atoms with Crippen LogP contribution in [0.4, 0.5) is 11.4 Å². The predicted molar refractivity (Wildman–Crippen MR) is 116 cm³/mol. The molecule has 0 aromatic heterocycles. The van der Waals surface area contributed by atoms with E-state index in [0.717, 1.165) is 24.8 Å². The van der Waals surface area contributed by atoms with Crippen LogP contribution in [-0.2, 0) is 24.3 Å². The maximum atomic E-state index is 12.6. The van der Waals surface area contributed by atoms with Crippen LogP contribution in [0.25, 0.3) is 0 Å². The van der Waals surface area contributed by atoms with Gasteiger partial charge in [0.05, 0.1) is 47.3 Å². The van der Waals surface area contributed by atoms with Gasteiger partial charge in [0.15, 0.2) is 0 Å². The molecule has 0 aliphatic rings. The molecular weight excluding hydrogens is 471 g/mol. The molecule has 0 radical (unpaired) electrons. The van der Waals surface area contributed by atoms with Gasteiger partial charge in [0.1, 0.15) is 6.54 Å². The fraction of sp³-hybridized carbons (Fsp3) is 0.211. The van der Waals surface area contributed by atoms with Gasteiger partial charge in [-0.15, -0.1) is 0 Å². The number of benzene rings is 2. The van der Waals surface area contributed by atoms with Crippen LogP contribution in [0.1, 0.15) is 20.7 Å². The Morgan fingerprint density at radius 3 is 2.03 bits per heavy atom. The molecule has 2 aromatic rings. The zero-order valence-electron chi connectivity index (χ0n) is 16.6. The van der Waals surface area contributed by atoms with Gasteiger partial charge in [-0.1, -0.05) is 29.3 Å². The second kappa shape index (κ2) is 9.99. The summed E-state index contributed by atoms with van der Waals surface area (Å²) in [7, 11) is -1.60. The fourth-order valence-corrected chi connectivity index (χ4v) is 3.88. The van der Waals surface area contributed by atoms with Gasteiger partial charge in [0.25, 0.3) is 0 Å². The zero-order chi connectivity index (χ0) is 23.3. The number of anilines is 2. The highest BCUT2D eigenvalue weighted by molar-refractivity contribution is 7.92. The molecule has 0 saturated heterocycles. The number of methoxy groups -OCH3 is 2. The van der Waals surface area contributed by atoms with Crippen LogP contribution in [0.15, 0.2) is 36.4 Å². The van der Waals surface area contributed by atoms with Crippen molar-refractivity contribution >= 4 is 62.4 Å². The maximum Gasteiger partial charge on any atom is 0.337 e. The van der Waals surface area contributed by atoms with Crippen molar-refractivity contribution in [3.05, 3.63) is 57.6 Å². The Labute approximate surface area is 188 Å². The number of rotatable bonds is 7. The summed E-state index contributed by atoms with van der Waals surface area (Å²) >= 11 is 12.1. The summed E-state index contributed by atoms with van der Waals surface area (Å²) in [5.41, 5.74) is 0.0430. The molecule has 0 heterocycles. The summed E-state index contributed by atoms with van der Waals surface area (Å²) in [6.45, 7) is -0.644. The number of hydrogen-bond donors (Lipinski definition) is 1. The highest BCUT2D eigenvalue weighted by Crippen LogP contribution is 2.33. The van der Waals surface area contributed by atoms with E-state index < -0.39 is 34.4 Å². The summed E-state index contributed by atoms with van der Waals surface area (Å²) in [4.78, 5) is 36.4. The molecule has 2 rings (SSSR count). The fourth-order valence-electron chi connectivity index (χ4n) is 2.57. The van der Waals surface area contributed by atoms with E-state index in [2.05, 4.69) is 14.8 Å². The normalized spacial score (nSPS) is 10.9. The number of amides is 1. The van der Waals surface area contributed by atoms with Gasteiger partial charge in [0.2, 0.25) is 15.9 Å². The minimum absolute atomic E-state index is 0.0152. The SMILES string of the molecule is COC(=O)c1cc(NC(=O)CN(c2cccc(Cl)c2Cl)S(C)(=O)=O)cc(C(=O)OC)c1. The minimum Gasteiger partial charge on any atom is -0.465 e. The van der Waals surface area contributed by atoms with Crippen LogP contribution < -0.4 is 9.62 Å². The van der Waals surface area contributed by atoms with Crippen molar-refractivity contribution in [1.29, 1.82) is 0 Å². The summed E-state index contributed by atoms with van der Waals surface area (Å²) in [5, 5.41) is 2.52. The van der Waals surface area contributed by atoms with Crippen molar-refractivity contribution < 1.29 is 32.3 Å². The molecule has 166 valence electrons. The van der Waals surface area contributed by atoms with E-state index in [1.807, 2.05) is 0 Å². The Balaban J connectivity index is 2.37. The van der Waals surface area contributed by atoms with Crippen molar-refractivity contribution in [1.82, 2.24) is 0 Å². The number of hydrogen-bond acceptors (Lipinski definition) is 7.